The normalized spacial score (nSPS) is 12.8. The maximum absolute atomic E-state index is 12.4. The Morgan fingerprint density at radius 2 is 1.86 bits per heavy atom. The number of carbonyl (C=O) groups is 1. The van der Waals surface area contributed by atoms with Gasteiger partial charge in [-0.3, -0.25) is 4.79 Å². The number of rotatable bonds is 7. The summed E-state index contributed by atoms with van der Waals surface area (Å²) in [5, 5.41) is 2.96. The van der Waals surface area contributed by atoms with Crippen molar-refractivity contribution in [2.24, 2.45) is 5.92 Å². The summed E-state index contributed by atoms with van der Waals surface area (Å²) in [4.78, 5) is 20.2. The quantitative estimate of drug-likeness (QED) is 0.580. The third kappa shape index (κ3) is 4.94. The lowest BCUT2D eigenvalue weighted by molar-refractivity contribution is -0.117. The number of imidazole rings is 1. The van der Waals surface area contributed by atoms with Crippen LogP contribution in [0.2, 0.25) is 0 Å². The predicted octanol–water partition coefficient (Wildman–Crippen LogP) is 4.69. The number of carbonyl (C=O) groups excluding carboxylic acids is 1. The molecule has 146 valence electrons. The van der Waals surface area contributed by atoms with Crippen LogP contribution in [0.1, 0.15) is 31.3 Å². The predicted molar refractivity (Wildman–Crippen MR) is 104 cm³/mol. The minimum Gasteiger partial charge on any atom is -0.435 e. The van der Waals surface area contributed by atoms with Crippen LogP contribution in [0.4, 0.5) is 8.78 Å². The number of ether oxygens (including phenoxy) is 1. The highest BCUT2D eigenvalue weighted by atomic mass is 19.3. The van der Waals surface area contributed by atoms with Crippen molar-refractivity contribution in [2.45, 2.75) is 26.5 Å². The number of halogens is 2. The second-order valence-corrected chi connectivity index (χ2v) is 6.65. The molecule has 3 rings (SSSR count). The summed E-state index contributed by atoms with van der Waals surface area (Å²) in [6.07, 6.45) is 3.01. The van der Waals surface area contributed by atoms with Gasteiger partial charge in [0.05, 0.1) is 17.1 Å². The number of hydrogen-bond acceptors (Lipinski definition) is 3. The molecule has 0 aliphatic carbocycles. The summed E-state index contributed by atoms with van der Waals surface area (Å²) in [5.41, 5.74) is 2.46. The van der Waals surface area contributed by atoms with E-state index in [0.29, 0.717) is 11.4 Å². The lowest BCUT2D eigenvalue weighted by atomic mass is 10.0. The molecule has 0 aliphatic rings. The molecule has 0 bridgehead atoms. The molecule has 0 unspecified atom stereocenters. The molecule has 1 atom stereocenters. The first-order valence-electron chi connectivity index (χ1n) is 8.90. The molecule has 0 saturated carbocycles. The van der Waals surface area contributed by atoms with Crippen LogP contribution in [0.3, 0.4) is 0 Å². The number of hydrogen-bond donors (Lipinski definition) is 2. The van der Waals surface area contributed by atoms with E-state index in [1.54, 1.807) is 18.2 Å². The Balaban J connectivity index is 1.68. The van der Waals surface area contributed by atoms with E-state index in [9.17, 15) is 13.6 Å². The zero-order valence-corrected chi connectivity index (χ0v) is 15.5. The Morgan fingerprint density at radius 1 is 1.14 bits per heavy atom. The van der Waals surface area contributed by atoms with Crippen LogP contribution in [0.5, 0.6) is 5.75 Å². The van der Waals surface area contributed by atoms with Crippen LogP contribution in [0.15, 0.2) is 54.6 Å². The van der Waals surface area contributed by atoms with Crippen molar-refractivity contribution >= 4 is 23.0 Å². The number of nitrogens with zero attached hydrogens (tertiary/aromatic N) is 1. The molecule has 0 fully saturated rings. The van der Waals surface area contributed by atoms with Gasteiger partial charge >= 0.3 is 6.61 Å². The first-order chi connectivity index (χ1) is 13.4. The number of aromatic nitrogens is 2. The first-order valence-corrected chi connectivity index (χ1v) is 8.90. The summed E-state index contributed by atoms with van der Waals surface area (Å²) in [6.45, 7) is 1.14. The van der Waals surface area contributed by atoms with Gasteiger partial charge in [-0.25, -0.2) is 4.98 Å². The molecule has 2 N–H and O–H groups in total. The second-order valence-electron chi connectivity index (χ2n) is 6.65. The van der Waals surface area contributed by atoms with Crippen molar-refractivity contribution in [2.75, 3.05) is 0 Å². The maximum Gasteiger partial charge on any atom is 0.387 e. The average Bonchev–Trinajstić information content (AvgIpc) is 3.08. The fourth-order valence-electron chi connectivity index (χ4n) is 2.80. The highest BCUT2D eigenvalue weighted by Gasteiger charge is 2.20. The summed E-state index contributed by atoms with van der Waals surface area (Å²) in [7, 11) is 0. The fraction of sp³-hybridized carbons (Fsp3) is 0.238. The smallest absolute Gasteiger partial charge is 0.387 e. The van der Waals surface area contributed by atoms with Gasteiger partial charge < -0.3 is 15.0 Å². The third-order valence-corrected chi connectivity index (χ3v) is 4.20. The average molecular weight is 385 g/mol. The molecule has 2 aromatic carbocycles. The van der Waals surface area contributed by atoms with Crippen LogP contribution in [-0.4, -0.2) is 22.5 Å². The molecule has 7 heteroatoms. The number of alkyl halides is 2. The number of H-pyrrole nitrogens is 1. The number of benzene rings is 2. The monoisotopic (exact) mass is 385 g/mol. The number of aromatic amines is 1. The largest absolute Gasteiger partial charge is 0.435 e. The Morgan fingerprint density at radius 3 is 2.50 bits per heavy atom. The molecule has 1 aromatic heterocycles. The number of nitrogens with one attached hydrogen (secondary N) is 2. The van der Waals surface area contributed by atoms with Crippen molar-refractivity contribution in [3.8, 4) is 5.75 Å². The van der Waals surface area contributed by atoms with E-state index < -0.39 is 6.61 Å². The van der Waals surface area contributed by atoms with Gasteiger partial charge in [-0.2, -0.15) is 8.78 Å². The van der Waals surface area contributed by atoms with Crippen molar-refractivity contribution in [1.29, 1.82) is 0 Å². The van der Waals surface area contributed by atoms with Gasteiger partial charge in [-0.15, -0.1) is 0 Å². The van der Waals surface area contributed by atoms with Gasteiger partial charge in [0.2, 0.25) is 5.91 Å². The molecule has 1 amide bonds. The van der Waals surface area contributed by atoms with E-state index >= 15 is 0 Å². The number of amides is 1. The Hall–Kier alpha value is -3.22. The van der Waals surface area contributed by atoms with E-state index in [1.165, 1.54) is 18.2 Å². The molecule has 3 aromatic rings. The molecule has 0 radical (unpaired) electrons. The van der Waals surface area contributed by atoms with Crippen LogP contribution in [0, 0.1) is 5.92 Å². The first kappa shape index (κ1) is 19.5. The molecular formula is C21H21F2N3O2. The van der Waals surface area contributed by atoms with Crippen LogP contribution >= 0.6 is 0 Å². The summed E-state index contributed by atoms with van der Waals surface area (Å²) in [6, 6.07) is 13.5. The fourth-order valence-corrected chi connectivity index (χ4v) is 2.80. The Labute approximate surface area is 161 Å². The molecule has 1 heterocycles. The van der Waals surface area contributed by atoms with Gasteiger partial charge in [-0.05, 0) is 41.8 Å². The van der Waals surface area contributed by atoms with Crippen molar-refractivity contribution in [1.82, 2.24) is 15.3 Å². The van der Waals surface area contributed by atoms with Gasteiger partial charge in [0.25, 0.3) is 0 Å². The summed E-state index contributed by atoms with van der Waals surface area (Å²) >= 11 is 0. The minimum absolute atomic E-state index is 0.0707. The summed E-state index contributed by atoms with van der Waals surface area (Å²) < 4.78 is 28.6. The SMILES string of the molecule is CC(C)[C@H](NC(=O)/C=C/c1ccc(OC(F)F)cc1)c1nc2ccccc2[nH]1. The highest BCUT2D eigenvalue weighted by molar-refractivity contribution is 5.92. The van der Waals surface area contributed by atoms with Crippen molar-refractivity contribution < 1.29 is 18.3 Å². The number of fused-ring (bicyclic) bond motifs is 1. The van der Waals surface area contributed by atoms with Crippen molar-refractivity contribution in [3.05, 3.63) is 66.0 Å². The van der Waals surface area contributed by atoms with Gasteiger partial charge in [0.1, 0.15) is 11.6 Å². The second kappa shape index (κ2) is 8.65. The number of para-hydroxylation sites is 2. The van der Waals surface area contributed by atoms with Crippen LogP contribution in [0.25, 0.3) is 17.1 Å². The zero-order valence-electron chi connectivity index (χ0n) is 15.5. The topological polar surface area (TPSA) is 67.0 Å². The Bertz CT molecular complexity index is 932. The van der Waals surface area contributed by atoms with E-state index in [-0.39, 0.29) is 23.6 Å². The zero-order chi connectivity index (χ0) is 20.1. The van der Waals surface area contributed by atoms with Gasteiger partial charge in [0, 0.05) is 6.08 Å². The summed E-state index contributed by atoms with van der Waals surface area (Å²) in [5.74, 6) is 0.628. The Kier molecular flexibility index (Phi) is 6.03. The lowest BCUT2D eigenvalue weighted by Gasteiger charge is -2.19. The lowest BCUT2D eigenvalue weighted by Crippen LogP contribution is -2.31. The van der Waals surface area contributed by atoms with E-state index in [2.05, 4.69) is 20.0 Å². The molecule has 0 spiro atoms. The maximum atomic E-state index is 12.4. The standard InChI is InChI=1S/C21H21F2N3O2/c1-13(2)19(20-24-16-5-3-4-6-17(16)25-20)26-18(27)12-9-14-7-10-15(11-8-14)28-21(22)23/h3-13,19,21H,1-2H3,(H,24,25)(H,26,27)/b12-9+/t19-/m0/s1. The molecule has 28 heavy (non-hydrogen) atoms. The van der Waals surface area contributed by atoms with E-state index in [4.69, 9.17) is 0 Å². The molecule has 5 nitrogen and oxygen atoms in total. The van der Waals surface area contributed by atoms with Crippen LogP contribution < -0.4 is 10.1 Å². The van der Waals surface area contributed by atoms with Crippen molar-refractivity contribution in [3.63, 3.8) is 0 Å². The molecule has 0 aliphatic heterocycles. The molecule has 0 saturated heterocycles. The third-order valence-electron chi connectivity index (χ3n) is 4.20. The minimum atomic E-state index is -2.86. The van der Waals surface area contributed by atoms with Gasteiger partial charge in [0.15, 0.2) is 0 Å². The van der Waals surface area contributed by atoms with Gasteiger partial charge in [-0.1, -0.05) is 38.1 Å². The molecular weight excluding hydrogens is 364 g/mol. The van der Waals surface area contributed by atoms with E-state index in [0.717, 1.165) is 11.0 Å². The van der Waals surface area contributed by atoms with E-state index in [1.807, 2.05) is 38.1 Å². The highest BCUT2D eigenvalue weighted by Crippen LogP contribution is 2.22. The van der Waals surface area contributed by atoms with Crippen LogP contribution in [-0.2, 0) is 4.79 Å².